The number of benzene rings is 1. The number of aromatic carboxylic acids is 1. The van der Waals surface area contributed by atoms with E-state index in [1.165, 1.54) is 35.2 Å². The largest absolute Gasteiger partial charge is 0.478 e. The lowest BCUT2D eigenvalue weighted by molar-refractivity contribution is -0.137. The maximum Gasteiger partial charge on any atom is 0.417 e. The maximum atomic E-state index is 13.5. The first kappa shape index (κ1) is 20.5. The second-order valence-electron chi connectivity index (χ2n) is 6.49. The molecule has 0 unspecified atom stereocenters. The summed E-state index contributed by atoms with van der Waals surface area (Å²) < 4.78 is 41.9. The molecule has 0 spiro atoms. The fourth-order valence-corrected chi connectivity index (χ4v) is 3.46. The number of aromatic nitrogens is 3. The quantitative estimate of drug-likeness (QED) is 0.446. The van der Waals surface area contributed by atoms with E-state index in [4.69, 9.17) is 16.7 Å². The molecule has 3 aromatic heterocycles. The molecule has 0 amide bonds. The van der Waals surface area contributed by atoms with Crippen molar-refractivity contribution in [3.63, 3.8) is 0 Å². The number of pyridine rings is 2. The van der Waals surface area contributed by atoms with E-state index in [0.29, 0.717) is 5.39 Å². The lowest BCUT2D eigenvalue weighted by Crippen LogP contribution is -2.14. The minimum Gasteiger partial charge on any atom is -0.478 e. The topological polar surface area (TPSA) is 85.1 Å². The zero-order valence-electron chi connectivity index (χ0n) is 15.4. The average molecular weight is 446 g/mol. The van der Waals surface area contributed by atoms with Crippen LogP contribution in [0.25, 0.3) is 16.9 Å². The van der Waals surface area contributed by atoms with Crippen LogP contribution in [0, 0.1) is 0 Å². The number of fused-ring (bicyclic) bond motifs is 1. The first-order chi connectivity index (χ1) is 14.7. The summed E-state index contributed by atoms with van der Waals surface area (Å²) in [5.41, 5.74) is -1.63. The van der Waals surface area contributed by atoms with Crippen molar-refractivity contribution in [1.29, 1.82) is 0 Å². The predicted molar refractivity (Wildman–Crippen MR) is 106 cm³/mol. The van der Waals surface area contributed by atoms with Crippen molar-refractivity contribution >= 4 is 34.4 Å². The van der Waals surface area contributed by atoms with Gasteiger partial charge in [0.25, 0.3) is 0 Å². The smallest absolute Gasteiger partial charge is 0.417 e. The van der Waals surface area contributed by atoms with Crippen molar-refractivity contribution in [2.75, 3.05) is 0 Å². The van der Waals surface area contributed by atoms with Gasteiger partial charge in [-0.3, -0.25) is 9.36 Å². The van der Waals surface area contributed by atoms with Crippen molar-refractivity contribution in [2.24, 2.45) is 0 Å². The molecule has 0 aliphatic rings. The number of hydrogen-bond donors (Lipinski definition) is 1. The van der Waals surface area contributed by atoms with Crippen molar-refractivity contribution in [1.82, 2.24) is 14.5 Å². The highest BCUT2D eigenvalue weighted by molar-refractivity contribution is 6.35. The summed E-state index contributed by atoms with van der Waals surface area (Å²) in [5.74, 6) is -1.84. The highest BCUT2D eigenvalue weighted by Gasteiger charge is 2.37. The number of carboxylic acids is 1. The minimum atomic E-state index is -4.78. The molecular weight excluding hydrogens is 435 g/mol. The van der Waals surface area contributed by atoms with Gasteiger partial charge in [0.2, 0.25) is 0 Å². The fraction of sp³-hybridized carbons (Fsp3) is 0.0476. The third-order valence-electron chi connectivity index (χ3n) is 4.60. The second kappa shape index (κ2) is 7.51. The van der Waals surface area contributed by atoms with Crippen LogP contribution in [0.1, 0.15) is 31.8 Å². The maximum absolute atomic E-state index is 13.5. The van der Waals surface area contributed by atoms with Gasteiger partial charge < -0.3 is 5.11 Å². The summed E-state index contributed by atoms with van der Waals surface area (Å²) in [6, 6.07) is 8.94. The number of carbonyl (C=O) groups is 2. The third kappa shape index (κ3) is 3.64. The molecule has 0 fully saturated rings. The zero-order valence-corrected chi connectivity index (χ0v) is 16.1. The van der Waals surface area contributed by atoms with Crippen molar-refractivity contribution < 1.29 is 27.9 Å². The normalized spacial score (nSPS) is 11.6. The van der Waals surface area contributed by atoms with Gasteiger partial charge in [-0.15, -0.1) is 0 Å². The molecule has 4 rings (SSSR count). The number of rotatable bonds is 4. The summed E-state index contributed by atoms with van der Waals surface area (Å²) in [6.45, 7) is 0. The van der Waals surface area contributed by atoms with E-state index in [0.717, 1.165) is 18.3 Å². The van der Waals surface area contributed by atoms with E-state index in [-0.39, 0.29) is 27.6 Å². The fourth-order valence-electron chi connectivity index (χ4n) is 3.20. The molecule has 4 aromatic rings. The van der Waals surface area contributed by atoms with E-state index < -0.39 is 29.1 Å². The Hall–Kier alpha value is -3.72. The Morgan fingerprint density at radius 1 is 1.03 bits per heavy atom. The second-order valence-corrected chi connectivity index (χ2v) is 6.89. The van der Waals surface area contributed by atoms with Crippen LogP contribution in [0.15, 0.2) is 61.1 Å². The van der Waals surface area contributed by atoms with Crippen molar-refractivity contribution in [3.8, 4) is 5.82 Å². The summed E-state index contributed by atoms with van der Waals surface area (Å²) in [6.07, 6.45) is -0.883. The molecule has 0 saturated heterocycles. The molecule has 1 aromatic carbocycles. The summed E-state index contributed by atoms with van der Waals surface area (Å²) >= 11 is 5.99. The molecule has 0 bridgehead atoms. The molecule has 0 aliphatic carbocycles. The van der Waals surface area contributed by atoms with E-state index >= 15 is 0 Å². The first-order valence-corrected chi connectivity index (χ1v) is 9.12. The summed E-state index contributed by atoms with van der Waals surface area (Å²) in [4.78, 5) is 32.5. The molecular formula is C21H11ClF3N3O3. The molecule has 10 heteroatoms. The zero-order chi connectivity index (χ0) is 22.3. The molecule has 156 valence electrons. The molecule has 1 N–H and O–H groups in total. The minimum absolute atomic E-state index is 0.0460. The molecule has 3 heterocycles. The molecule has 0 saturated carbocycles. The standard InChI is InChI=1S/C21H11ClF3N3O3/c22-15-5-1-4-14(21(23,24)25)17(15)18(29)13-10-28(19-12(13)3-2-8-26-19)16-7-6-11(9-27-16)20(30)31/h1-10H,(H,30,31). The van der Waals surface area contributed by atoms with Crippen LogP contribution in [-0.4, -0.2) is 31.4 Å². The summed E-state index contributed by atoms with van der Waals surface area (Å²) in [7, 11) is 0. The average Bonchev–Trinajstić information content (AvgIpc) is 3.12. The van der Waals surface area contributed by atoms with E-state index in [9.17, 15) is 22.8 Å². The number of carboxylic acid groups (broad SMARTS) is 1. The van der Waals surface area contributed by atoms with Crippen LogP contribution in [0.2, 0.25) is 5.02 Å². The number of halogens is 4. The van der Waals surface area contributed by atoms with Gasteiger partial charge >= 0.3 is 12.1 Å². The molecule has 0 radical (unpaired) electrons. The summed E-state index contributed by atoms with van der Waals surface area (Å²) in [5, 5.41) is 9.00. The van der Waals surface area contributed by atoms with Gasteiger partial charge in [0.15, 0.2) is 5.78 Å². The number of nitrogens with zero attached hydrogens (tertiary/aromatic N) is 3. The Morgan fingerprint density at radius 2 is 1.81 bits per heavy atom. The van der Waals surface area contributed by atoms with Gasteiger partial charge in [-0.25, -0.2) is 14.8 Å². The molecule has 0 aliphatic heterocycles. The van der Waals surface area contributed by atoms with E-state index in [1.54, 1.807) is 12.1 Å². The number of ketones is 1. The van der Waals surface area contributed by atoms with Gasteiger partial charge in [-0.1, -0.05) is 17.7 Å². The highest BCUT2D eigenvalue weighted by Crippen LogP contribution is 2.37. The van der Waals surface area contributed by atoms with Crippen LogP contribution in [0.4, 0.5) is 13.2 Å². The lowest BCUT2D eigenvalue weighted by Gasteiger charge is -2.13. The van der Waals surface area contributed by atoms with Crippen molar-refractivity contribution in [3.05, 3.63) is 88.3 Å². The van der Waals surface area contributed by atoms with Gasteiger partial charge in [0.05, 0.1) is 27.3 Å². The molecule has 0 atom stereocenters. The Labute approximate surface area is 177 Å². The Bertz CT molecular complexity index is 1330. The van der Waals surface area contributed by atoms with Crippen LogP contribution in [0.5, 0.6) is 0 Å². The Balaban J connectivity index is 1.91. The lowest BCUT2D eigenvalue weighted by atomic mass is 9.98. The Kier molecular flexibility index (Phi) is 4.98. The van der Waals surface area contributed by atoms with Gasteiger partial charge in [0, 0.05) is 24.0 Å². The molecule has 6 nitrogen and oxygen atoms in total. The predicted octanol–water partition coefficient (Wildman–Crippen LogP) is 5.02. The van der Waals surface area contributed by atoms with Crippen molar-refractivity contribution in [2.45, 2.75) is 6.18 Å². The third-order valence-corrected chi connectivity index (χ3v) is 4.91. The van der Waals surface area contributed by atoms with Crippen LogP contribution in [0.3, 0.4) is 0 Å². The monoisotopic (exact) mass is 445 g/mol. The number of alkyl halides is 3. The van der Waals surface area contributed by atoms with E-state index in [1.807, 2.05) is 0 Å². The van der Waals surface area contributed by atoms with Gasteiger partial charge in [-0.05, 0) is 36.4 Å². The van der Waals surface area contributed by atoms with Crippen LogP contribution < -0.4 is 0 Å². The molecule has 31 heavy (non-hydrogen) atoms. The SMILES string of the molecule is O=C(O)c1ccc(-n2cc(C(=O)c3c(Cl)cccc3C(F)(F)F)c3cccnc32)nc1. The highest BCUT2D eigenvalue weighted by atomic mass is 35.5. The number of hydrogen-bond acceptors (Lipinski definition) is 4. The van der Waals surface area contributed by atoms with Crippen LogP contribution >= 0.6 is 11.6 Å². The first-order valence-electron chi connectivity index (χ1n) is 8.74. The van der Waals surface area contributed by atoms with Gasteiger partial charge in [-0.2, -0.15) is 13.2 Å². The Morgan fingerprint density at radius 3 is 2.45 bits per heavy atom. The van der Waals surface area contributed by atoms with E-state index in [2.05, 4.69) is 9.97 Å². The van der Waals surface area contributed by atoms with Gasteiger partial charge in [0.1, 0.15) is 11.5 Å². The number of carbonyl (C=O) groups excluding carboxylic acids is 1. The van der Waals surface area contributed by atoms with Crippen LogP contribution in [-0.2, 0) is 6.18 Å².